The normalized spacial score (nSPS) is 11.3. The first-order chi connectivity index (χ1) is 15.6. The maximum atomic E-state index is 13.5. The molecule has 33 heavy (non-hydrogen) atoms. The Morgan fingerprint density at radius 1 is 0.970 bits per heavy atom. The van der Waals surface area contributed by atoms with Gasteiger partial charge in [-0.25, -0.2) is 13.6 Å². The predicted octanol–water partition coefficient (Wildman–Crippen LogP) is 5.42. The van der Waals surface area contributed by atoms with Crippen molar-refractivity contribution in [2.24, 2.45) is 5.92 Å². The van der Waals surface area contributed by atoms with Gasteiger partial charge in [0.1, 0.15) is 22.3 Å². The number of urea groups is 1. The Kier molecular flexibility index (Phi) is 7.65. The first-order valence-electron chi connectivity index (χ1n) is 10.2. The van der Waals surface area contributed by atoms with Crippen LogP contribution in [0, 0.1) is 17.6 Å². The average Bonchev–Trinajstić information content (AvgIpc) is 2.73. The van der Waals surface area contributed by atoms with Gasteiger partial charge in [-0.1, -0.05) is 32.0 Å². The van der Waals surface area contributed by atoms with Crippen molar-refractivity contribution in [3.05, 3.63) is 90.0 Å². The molecule has 0 heterocycles. The fourth-order valence-electron chi connectivity index (χ4n) is 3.12. The summed E-state index contributed by atoms with van der Waals surface area (Å²) in [6.45, 7) is 4.50. The molecule has 9 heteroatoms. The third-order valence-electron chi connectivity index (χ3n) is 4.53. The minimum Gasteiger partial charge on any atom is -0.379 e. The van der Waals surface area contributed by atoms with Crippen molar-refractivity contribution >= 4 is 21.8 Å². The summed E-state index contributed by atoms with van der Waals surface area (Å²) < 4.78 is 56.7. The van der Waals surface area contributed by atoms with Crippen molar-refractivity contribution in [3.8, 4) is 5.75 Å². The fraction of sp³-hybridized carbons (Fsp3) is 0.208. The van der Waals surface area contributed by atoms with Crippen LogP contribution in [0.2, 0.25) is 0 Å². The third-order valence-corrected chi connectivity index (χ3v) is 5.79. The molecule has 0 saturated carbocycles. The number of hydrogen-bond acceptors (Lipinski definition) is 4. The summed E-state index contributed by atoms with van der Waals surface area (Å²) >= 11 is 0. The SMILES string of the molecule is CC(C)CN(Cc1cccc(OS(=O)(=O)c2ccc(F)cc2)c1)C(=O)Nc1cccc(F)c1. The zero-order chi connectivity index (χ0) is 24.0. The maximum absolute atomic E-state index is 13.5. The van der Waals surface area contributed by atoms with Gasteiger partial charge in [0.2, 0.25) is 0 Å². The van der Waals surface area contributed by atoms with E-state index >= 15 is 0 Å². The Morgan fingerprint density at radius 2 is 1.67 bits per heavy atom. The summed E-state index contributed by atoms with van der Waals surface area (Å²) in [4.78, 5) is 14.2. The molecule has 174 valence electrons. The number of amides is 2. The second-order valence-corrected chi connectivity index (χ2v) is 9.40. The topological polar surface area (TPSA) is 75.7 Å². The van der Waals surface area contributed by atoms with Gasteiger partial charge in [-0.3, -0.25) is 0 Å². The van der Waals surface area contributed by atoms with Gasteiger partial charge >= 0.3 is 16.1 Å². The average molecular weight is 475 g/mol. The molecule has 0 aliphatic heterocycles. The lowest BCUT2D eigenvalue weighted by atomic mass is 10.1. The Hall–Kier alpha value is -3.46. The zero-order valence-corrected chi connectivity index (χ0v) is 19.0. The molecule has 0 aromatic heterocycles. The smallest absolute Gasteiger partial charge is 0.339 e. The summed E-state index contributed by atoms with van der Waals surface area (Å²) in [6.07, 6.45) is 0. The van der Waals surface area contributed by atoms with E-state index in [0.717, 1.165) is 24.3 Å². The second kappa shape index (κ2) is 10.4. The monoisotopic (exact) mass is 474 g/mol. The third kappa shape index (κ3) is 7.01. The van der Waals surface area contributed by atoms with Gasteiger partial charge in [0.05, 0.1) is 0 Å². The molecule has 0 saturated heterocycles. The Bertz CT molecular complexity index is 1220. The number of carbonyl (C=O) groups excluding carboxylic acids is 1. The van der Waals surface area contributed by atoms with Gasteiger partial charge in [0.15, 0.2) is 0 Å². The van der Waals surface area contributed by atoms with Crippen LogP contribution in [0.5, 0.6) is 5.75 Å². The second-order valence-electron chi connectivity index (χ2n) is 7.85. The summed E-state index contributed by atoms with van der Waals surface area (Å²) in [5, 5.41) is 2.68. The molecular formula is C24H24F2N2O4S. The molecule has 2 amide bonds. The van der Waals surface area contributed by atoms with E-state index in [4.69, 9.17) is 4.18 Å². The first kappa shape index (κ1) is 24.2. The van der Waals surface area contributed by atoms with Gasteiger partial charge in [-0.15, -0.1) is 0 Å². The van der Waals surface area contributed by atoms with E-state index in [0.29, 0.717) is 17.8 Å². The van der Waals surface area contributed by atoms with Crippen molar-refractivity contribution in [1.29, 1.82) is 0 Å². The lowest BCUT2D eigenvalue weighted by molar-refractivity contribution is 0.201. The summed E-state index contributed by atoms with van der Waals surface area (Å²) in [7, 11) is -4.15. The largest absolute Gasteiger partial charge is 0.379 e. The van der Waals surface area contributed by atoms with E-state index in [2.05, 4.69) is 5.32 Å². The van der Waals surface area contributed by atoms with Crippen LogP contribution in [-0.2, 0) is 16.7 Å². The van der Waals surface area contributed by atoms with Gasteiger partial charge in [-0.2, -0.15) is 8.42 Å². The molecule has 0 atom stereocenters. The number of halogens is 2. The molecule has 3 aromatic rings. The summed E-state index contributed by atoms with van der Waals surface area (Å²) in [6, 6.07) is 15.8. The number of hydrogen-bond donors (Lipinski definition) is 1. The van der Waals surface area contributed by atoms with Gasteiger partial charge < -0.3 is 14.4 Å². The highest BCUT2D eigenvalue weighted by atomic mass is 32.2. The molecule has 0 aliphatic carbocycles. The highest BCUT2D eigenvalue weighted by molar-refractivity contribution is 7.87. The van der Waals surface area contributed by atoms with Crippen LogP contribution in [0.3, 0.4) is 0 Å². The van der Waals surface area contributed by atoms with E-state index in [1.807, 2.05) is 13.8 Å². The van der Waals surface area contributed by atoms with E-state index in [1.54, 1.807) is 23.1 Å². The minimum atomic E-state index is -4.15. The van der Waals surface area contributed by atoms with Crippen LogP contribution in [-0.4, -0.2) is 25.9 Å². The fourth-order valence-corrected chi connectivity index (χ4v) is 4.04. The highest BCUT2D eigenvalue weighted by Gasteiger charge is 2.19. The van der Waals surface area contributed by atoms with Crippen molar-refractivity contribution in [2.45, 2.75) is 25.3 Å². The van der Waals surface area contributed by atoms with Crippen molar-refractivity contribution in [1.82, 2.24) is 4.90 Å². The molecule has 0 unspecified atom stereocenters. The summed E-state index contributed by atoms with van der Waals surface area (Å²) in [5.41, 5.74) is 0.966. The Morgan fingerprint density at radius 3 is 2.33 bits per heavy atom. The van der Waals surface area contributed by atoms with Gasteiger partial charge in [0, 0.05) is 18.8 Å². The molecule has 3 aromatic carbocycles. The van der Waals surface area contributed by atoms with Gasteiger partial charge in [-0.05, 0) is 66.1 Å². The molecule has 0 spiro atoms. The predicted molar refractivity (Wildman–Crippen MR) is 121 cm³/mol. The van der Waals surface area contributed by atoms with Crippen LogP contribution >= 0.6 is 0 Å². The quantitative estimate of drug-likeness (QED) is 0.442. The van der Waals surface area contributed by atoms with Crippen molar-refractivity contribution in [2.75, 3.05) is 11.9 Å². The highest BCUT2D eigenvalue weighted by Crippen LogP contribution is 2.22. The molecule has 1 N–H and O–H groups in total. The van der Waals surface area contributed by atoms with Crippen LogP contribution in [0.15, 0.2) is 77.7 Å². The molecule has 0 aliphatic rings. The van der Waals surface area contributed by atoms with E-state index in [1.165, 1.54) is 30.3 Å². The number of carbonyl (C=O) groups is 1. The van der Waals surface area contributed by atoms with E-state index in [-0.39, 0.29) is 23.1 Å². The molecule has 6 nitrogen and oxygen atoms in total. The molecule has 0 radical (unpaired) electrons. The van der Waals surface area contributed by atoms with Crippen LogP contribution in [0.4, 0.5) is 19.3 Å². The number of benzene rings is 3. The van der Waals surface area contributed by atoms with Crippen molar-refractivity contribution in [3.63, 3.8) is 0 Å². The molecule has 0 bridgehead atoms. The maximum Gasteiger partial charge on any atom is 0.339 e. The molecule has 3 rings (SSSR count). The Labute approximate surface area is 191 Å². The van der Waals surface area contributed by atoms with Crippen LogP contribution < -0.4 is 9.50 Å². The molecule has 0 fully saturated rings. The zero-order valence-electron chi connectivity index (χ0n) is 18.2. The lowest BCUT2D eigenvalue weighted by Crippen LogP contribution is -2.37. The lowest BCUT2D eigenvalue weighted by Gasteiger charge is -2.25. The van der Waals surface area contributed by atoms with Crippen LogP contribution in [0.1, 0.15) is 19.4 Å². The molecular weight excluding hydrogens is 450 g/mol. The van der Waals surface area contributed by atoms with Gasteiger partial charge in [0.25, 0.3) is 0 Å². The van der Waals surface area contributed by atoms with E-state index < -0.39 is 27.8 Å². The number of rotatable bonds is 8. The standard InChI is InChI=1S/C24H24F2N2O4S/c1-17(2)15-28(24(29)27-21-7-4-6-20(26)14-21)16-18-5-3-8-22(13-18)32-33(30,31)23-11-9-19(25)10-12-23/h3-14,17H,15-16H2,1-2H3,(H,27,29). The summed E-state index contributed by atoms with van der Waals surface area (Å²) in [5.74, 6) is -0.804. The van der Waals surface area contributed by atoms with Crippen molar-refractivity contribution < 1.29 is 26.2 Å². The Balaban J connectivity index is 1.76. The minimum absolute atomic E-state index is 0.0619. The number of anilines is 1. The van der Waals surface area contributed by atoms with E-state index in [9.17, 15) is 22.0 Å². The number of nitrogens with one attached hydrogen (secondary N) is 1. The first-order valence-corrected chi connectivity index (χ1v) is 11.6. The number of nitrogens with zero attached hydrogens (tertiary/aromatic N) is 1. The van der Waals surface area contributed by atoms with Crippen LogP contribution in [0.25, 0.3) is 0 Å².